The molecule has 0 saturated heterocycles. The van der Waals surface area contributed by atoms with Crippen LogP contribution < -0.4 is 0 Å². The van der Waals surface area contributed by atoms with E-state index in [1.54, 1.807) is 0 Å². The van der Waals surface area contributed by atoms with E-state index in [0.717, 1.165) is 87.0 Å². The van der Waals surface area contributed by atoms with Crippen molar-refractivity contribution in [2.45, 2.75) is 200 Å². The van der Waals surface area contributed by atoms with Gasteiger partial charge in [0.1, 0.15) is 17.5 Å². The van der Waals surface area contributed by atoms with E-state index in [9.17, 15) is 0 Å². The Hall–Kier alpha value is -9.21. The molecular weight excluding hydrogens is 1930 g/mol. The van der Waals surface area contributed by atoms with Gasteiger partial charge in [-0.1, -0.05) is 246 Å². The molecule has 3 radical (unpaired) electrons. The molecule has 0 bridgehead atoms. The van der Waals surface area contributed by atoms with E-state index < -0.39 is 0 Å². The summed E-state index contributed by atoms with van der Waals surface area (Å²) < 4.78 is 6.79. The number of nitrogens with zero attached hydrogens (tertiary/aromatic N) is 9. The molecule has 0 spiro atoms. The molecule has 9 nitrogen and oxygen atoms in total. The van der Waals surface area contributed by atoms with Crippen molar-refractivity contribution in [1.82, 2.24) is 44.3 Å². The summed E-state index contributed by atoms with van der Waals surface area (Å²) in [6, 6.07) is 86.6. The van der Waals surface area contributed by atoms with Crippen LogP contribution in [-0.4, -0.2) is 44.3 Å². The van der Waals surface area contributed by atoms with Gasteiger partial charge in [-0.05, 0) is 199 Å². The molecule has 0 aliphatic rings. The Bertz CT molecular complexity index is 5590. The van der Waals surface area contributed by atoms with Crippen LogP contribution in [0.25, 0.3) is 101 Å². The van der Waals surface area contributed by atoms with Crippen LogP contribution in [0.3, 0.4) is 0 Å². The molecule has 0 aliphatic heterocycles. The maximum atomic E-state index is 4.77. The summed E-state index contributed by atoms with van der Waals surface area (Å²) in [7, 11) is 0. The molecule has 114 heavy (non-hydrogen) atoms. The van der Waals surface area contributed by atoms with Gasteiger partial charge in [-0.3, -0.25) is 0 Å². The van der Waals surface area contributed by atoms with Gasteiger partial charge in [0.05, 0.1) is 17.5 Å². The van der Waals surface area contributed by atoms with Gasteiger partial charge < -0.3 is 13.7 Å². The summed E-state index contributed by atoms with van der Waals surface area (Å²) in [5, 5.41) is 28.2. The maximum Gasteiger partial charge on any atom is 0.131 e. The monoisotopic (exact) mass is 2040 g/mol. The SMILES string of the molecule is CCC(C)(C)c1nnc(-c2[c-]ccc(-c3ccccc3)c2)n1Cc1c(C)cc(C(C)(C)C)cc1C.Cc1cc(C)c(-n2c(-c3[c-]ccc(-c4ccccc4C)c3)nnc2C(C)C)c(C)c1.Cc1ccc(-c2cc(-c3ccc(C(C)(C)C)cc3)cc(-c3cc[c-]c(-c4nnc(C(C)C)n4-c4c(C)cc(C)cc4C)c3)c2)cc1.[Ir].[Ir].[Ir]. The fourth-order valence-corrected chi connectivity index (χ4v) is 15.2. The van der Waals surface area contributed by atoms with Crippen molar-refractivity contribution in [3.05, 3.63) is 320 Å². The van der Waals surface area contributed by atoms with Gasteiger partial charge in [0.2, 0.25) is 0 Å². The molecule has 14 aromatic rings. The third-order valence-corrected chi connectivity index (χ3v) is 21.7. The Morgan fingerprint density at radius 1 is 0.333 bits per heavy atom. The second-order valence-corrected chi connectivity index (χ2v) is 33.9. The zero-order valence-electron chi connectivity index (χ0n) is 70.8. The molecule has 0 atom stereocenters. The summed E-state index contributed by atoms with van der Waals surface area (Å²) in [5.74, 6) is 5.93. The van der Waals surface area contributed by atoms with Crippen LogP contribution in [-0.2, 0) is 83.1 Å². The normalized spacial score (nSPS) is 11.5. The minimum absolute atomic E-state index is 0. The molecule has 0 N–H and O–H groups in total. The first kappa shape index (κ1) is 88.7. The molecular formula is C102H110Ir3N9-3. The molecule has 0 saturated carbocycles. The summed E-state index contributed by atoms with van der Waals surface area (Å²) in [4.78, 5) is 0. The average Bonchev–Trinajstić information content (AvgIpc) is 1.47. The molecule has 0 aliphatic carbocycles. The van der Waals surface area contributed by atoms with Crippen LogP contribution in [0, 0.1) is 87.4 Å². The molecule has 593 valence electrons. The van der Waals surface area contributed by atoms with Crippen molar-refractivity contribution < 1.29 is 60.3 Å². The van der Waals surface area contributed by atoms with Gasteiger partial charge in [-0.15, -0.1) is 121 Å². The van der Waals surface area contributed by atoms with Gasteiger partial charge in [0, 0.05) is 95.5 Å². The van der Waals surface area contributed by atoms with E-state index >= 15 is 0 Å². The fraction of sp³-hybridized carbons (Fsp3) is 0.294. The number of hydrogen-bond acceptors (Lipinski definition) is 6. The van der Waals surface area contributed by atoms with Crippen molar-refractivity contribution >= 4 is 0 Å². The molecule has 11 aromatic carbocycles. The molecule has 14 rings (SSSR count). The minimum atomic E-state index is -0.0878. The summed E-state index contributed by atoms with van der Waals surface area (Å²) in [5.41, 5.74) is 33.7. The van der Waals surface area contributed by atoms with Crippen molar-refractivity contribution in [2.24, 2.45) is 0 Å². The van der Waals surface area contributed by atoms with Gasteiger partial charge >= 0.3 is 0 Å². The number of rotatable bonds is 16. The average molecular weight is 2040 g/mol. The van der Waals surface area contributed by atoms with Crippen molar-refractivity contribution in [3.63, 3.8) is 0 Å². The standard InChI is InChI=1S/C43H44N3.C32H38N3.C27H28N3.3Ir/c1-27(2)41-44-45-42(46(41)40-30(5)21-29(4)22-31(40)6)35-12-10-11-34(23-35)38-25-36(32-15-13-28(3)14-16-32)24-37(26-38)33-17-19-39(20-18-33)43(7,8)9;1-9-32(7,8)30-34-33-29(26-17-13-16-25(20-26)24-14-11-10-12-15-24)35(30)21-28-22(2)18-27(19-23(28)3)31(4,5)6;1-17(2)26-28-29-27(30(26)25-20(5)14-18(3)15-21(25)6)23-12-9-11-22(16-23)24-13-8-7-10-19(24)4;;;/h10-11,13-27H,1-9H3;10-16,18-20H,9,21H2,1-8H3;7-11,13-17H,1-6H3;;;/q3*-1;;;. The quantitative estimate of drug-likeness (QED) is 0.0895. The van der Waals surface area contributed by atoms with E-state index in [-0.39, 0.29) is 88.4 Å². The van der Waals surface area contributed by atoms with E-state index in [4.69, 9.17) is 20.4 Å². The number of benzene rings is 11. The zero-order valence-corrected chi connectivity index (χ0v) is 78.0. The second-order valence-electron chi connectivity index (χ2n) is 33.9. The number of aromatic nitrogens is 9. The Morgan fingerprint density at radius 2 is 0.719 bits per heavy atom. The third-order valence-electron chi connectivity index (χ3n) is 21.7. The maximum absolute atomic E-state index is 4.77. The Balaban J connectivity index is 0.000000198. The zero-order chi connectivity index (χ0) is 79.5. The van der Waals surface area contributed by atoms with Gasteiger partial charge in [0.25, 0.3) is 0 Å². The summed E-state index contributed by atoms with van der Waals surface area (Å²) in [6.45, 7) is 51.4. The number of aryl methyl sites for hydroxylation is 10. The van der Waals surface area contributed by atoms with Crippen molar-refractivity contribution in [3.8, 4) is 101 Å². The molecule has 0 fully saturated rings. The van der Waals surface area contributed by atoms with Crippen molar-refractivity contribution in [2.75, 3.05) is 0 Å². The molecule has 3 aromatic heterocycles. The predicted molar refractivity (Wildman–Crippen MR) is 465 cm³/mol. The van der Waals surface area contributed by atoms with Crippen molar-refractivity contribution in [1.29, 1.82) is 0 Å². The second kappa shape index (κ2) is 37.2. The van der Waals surface area contributed by atoms with Crippen LogP contribution in [0.5, 0.6) is 0 Å². The van der Waals surface area contributed by atoms with E-state index in [1.165, 1.54) is 117 Å². The number of hydrogen-bond donors (Lipinski definition) is 0. The van der Waals surface area contributed by atoms with Crippen LogP contribution in [0.4, 0.5) is 0 Å². The first-order valence-electron chi connectivity index (χ1n) is 39.4. The molecule has 0 amide bonds. The van der Waals surface area contributed by atoms with E-state index in [0.29, 0.717) is 0 Å². The Labute approximate surface area is 720 Å². The Kier molecular flexibility index (Phi) is 28.9. The third kappa shape index (κ3) is 19.8. The van der Waals surface area contributed by atoms with Crippen LogP contribution in [0.2, 0.25) is 0 Å². The molecule has 12 heteroatoms. The minimum Gasteiger partial charge on any atom is -0.347 e. The first-order chi connectivity index (χ1) is 52.8. The largest absolute Gasteiger partial charge is 0.347 e. The summed E-state index contributed by atoms with van der Waals surface area (Å²) in [6.07, 6.45) is 0.986. The van der Waals surface area contributed by atoms with Gasteiger partial charge in [0.15, 0.2) is 0 Å². The Morgan fingerprint density at radius 3 is 1.16 bits per heavy atom. The van der Waals surface area contributed by atoms with Crippen LogP contribution in [0.1, 0.15) is 198 Å². The fourth-order valence-electron chi connectivity index (χ4n) is 15.2. The molecule has 0 unspecified atom stereocenters. The van der Waals surface area contributed by atoms with Crippen LogP contribution in [0.15, 0.2) is 212 Å². The topological polar surface area (TPSA) is 92.1 Å². The first-order valence-corrected chi connectivity index (χ1v) is 39.4. The predicted octanol–water partition coefficient (Wildman–Crippen LogP) is 26.2. The molecule has 3 heterocycles. The van der Waals surface area contributed by atoms with Crippen LogP contribution >= 0.6 is 0 Å². The van der Waals surface area contributed by atoms with Gasteiger partial charge in [-0.2, -0.15) is 15.3 Å². The van der Waals surface area contributed by atoms with E-state index in [2.05, 4.69) is 389 Å². The smallest absolute Gasteiger partial charge is 0.131 e. The van der Waals surface area contributed by atoms with E-state index in [1.807, 2.05) is 24.3 Å². The van der Waals surface area contributed by atoms with Gasteiger partial charge in [-0.25, -0.2) is 0 Å². The summed E-state index contributed by atoms with van der Waals surface area (Å²) >= 11 is 0.